The van der Waals surface area contributed by atoms with Crippen molar-refractivity contribution in [1.82, 2.24) is 4.31 Å². The van der Waals surface area contributed by atoms with Gasteiger partial charge in [-0.15, -0.1) is 0 Å². The van der Waals surface area contributed by atoms with Crippen LogP contribution in [0.2, 0.25) is 0 Å². The van der Waals surface area contributed by atoms with Gasteiger partial charge in [0.15, 0.2) is 0 Å². The van der Waals surface area contributed by atoms with Crippen molar-refractivity contribution in [3.05, 3.63) is 60.4 Å². The van der Waals surface area contributed by atoms with Crippen LogP contribution in [0.1, 0.15) is 12.8 Å². The van der Waals surface area contributed by atoms with Gasteiger partial charge in [0.25, 0.3) is 0 Å². The van der Waals surface area contributed by atoms with Gasteiger partial charge >= 0.3 is 0 Å². The first-order valence-electron chi connectivity index (χ1n) is 8.01. The number of hydrogen-bond donors (Lipinski definition) is 0. The molecule has 1 amide bonds. The Bertz CT molecular complexity index is 854. The largest absolute Gasteiger partial charge is 0.314 e. The summed E-state index contributed by atoms with van der Waals surface area (Å²) in [6, 6.07) is 13.0. The van der Waals surface area contributed by atoms with Gasteiger partial charge in [-0.1, -0.05) is 18.2 Å². The van der Waals surface area contributed by atoms with Crippen molar-refractivity contribution >= 4 is 21.6 Å². The lowest BCUT2D eigenvalue weighted by molar-refractivity contribution is -0.121. The Morgan fingerprint density at radius 2 is 1.76 bits per heavy atom. The number of carbonyl (C=O) groups excluding carboxylic acids is 1. The molecule has 0 aromatic heterocycles. The van der Waals surface area contributed by atoms with Crippen LogP contribution in [0, 0.1) is 5.82 Å². The van der Waals surface area contributed by atoms with Crippen LogP contribution in [0.5, 0.6) is 0 Å². The minimum atomic E-state index is -3.85. The highest BCUT2D eigenvalue weighted by Gasteiger charge is 2.40. The van der Waals surface area contributed by atoms with E-state index in [-0.39, 0.29) is 17.3 Å². The van der Waals surface area contributed by atoms with Gasteiger partial charge in [0.1, 0.15) is 11.9 Å². The van der Waals surface area contributed by atoms with Crippen LogP contribution in [0.25, 0.3) is 0 Å². The normalized spacial score (nSPS) is 18.2. The van der Waals surface area contributed by atoms with Crippen molar-refractivity contribution in [2.45, 2.75) is 23.8 Å². The minimum Gasteiger partial charge on any atom is -0.314 e. The molecule has 132 valence electrons. The van der Waals surface area contributed by atoms with E-state index in [2.05, 4.69) is 0 Å². The monoisotopic (exact) mass is 362 g/mol. The fraction of sp³-hybridized carbons (Fsp3) is 0.278. The Hall–Kier alpha value is -2.25. The molecule has 0 spiro atoms. The van der Waals surface area contributed by atoms with Gasteiger partial charge in [0, 0.05) is 19.3 Å². The summed E-state index contributed by atoms with van der Waals surface area (Å²) in [6.07, 6.45) is 1.08. The number of carbonyl (C=O) groups is 1. The van der Waals surface area contributed by atoms with E-state index in [1.807, 2.05) is 18.2 Å². The van der Waals surface area contributed by atoms with Crippen molar-refractivity contribution in [2.24, 2.45) is 0 Å². The molecule has 1 aliphatic heterocycles. The van der Waals surface area contributed by atoms with Crippen LogP contribution in [0.3, 0.4) is 0 Å². The average molecular weight is 362 g/mol. The Morgan fingerprint density at radius 3 is 2.40 bits per heavy atom. The second-order valence-corrected chi connectivity index (χ2v) is 7.85. The number of benzene rings is 2. The summed E-state index contributed by atoms with van der Waals surface area (Å²) in [7, 11) is -2.21. The van der Waals surface area contributed by atoms with E-state index in [1.54, 1.807) is 19.2 Å². The zero-order valence-corrected chi connectivity index (χ0v) is 14.6. The average Bonchev–Trinajstić information content (AvgIpc) is 3.12. The maximum Gasteiger partial charge on any atom is 0.245 e. The van der Waals surface area contributed by atoms with Crippen molar-refractivity contribution in [3.63, 3.8) is 0 Å². The van der Waals surface area contributed by atoms with Crippen molar-refractivity contribution < 1.29 is 17.6 Å². The highest BCUT2D eigenvalue weighted by molar-refractivity contribution is 7.89. The highest BCUT2D eigenvalue weighted by atomic mass is 32.2. The second kappa shape index (κ2) is 6.93. The van der Waals surface area contributed by atoms with Gasteiger partial charge in [-0.25, -0.2) is 12.8 Å². The Balaban J connectivity index is 1.87. The summed E-state index contributed by atoms with van der Waals surface area (Å²) in [6.45, 7) is 0.277. The summed E-state index contributed by atoms with van der Waals surface area (Å²) in [5.41, 5.74) is 0.707. The maximum atomic E-state index is 13.1. The van der Waals surface area contributed by atoms with Crippen LogP contribution in [-0.2, 0) is 14.8 Å². The van der Waals surface area contributed by atoms with E-state index in [1.165, 1.54) is 21.3 Å². The van der Waals surface area contributed by atoms with E-state index in [9.17, 15) is 17.6 Å². The first-order chi connectivity index (χ1) is 11.9. The molecule has 5 nitrogen and oxygen atoms in total. The summed E-state index contributed by atoms with van der Waals surface area (Å²) >= 11 is 0. The Kier molecular flexibility index (Phi) is 4.87. The molecule has 1 atom stereocenters. The molecule has 2 aromatic carbocycles. The molecule has 1 saturated heterocycles. The van der Waals surface area contributed by atoms with E-state index in [4.69, 9.17) is 0 Å². The third-order valence-corrected chi connectivity index (χ3v) is 6.31. The molecule has 0 saturated carbocycles. The maximum absolute atomic E-state index is 13.1. The number of amides is 1. The number of rotatable bonds is 4. The van der Waals surface area contributed by atoms with Crippen LogP contribution in [0.15, 0.2) is 59.5 Å². The van der Waals surface area contributed by atoms with Gasteiger partial charge in [0.2, 0.25) is 15.9 Å². The fourth-order valence-electron chi connectivity index (χ4n) is 3.02. The van der Waals surface area contributed by atoms with Gasteiger partial charge in [-0.2, -0.15) is 4.31 Å². The molecule has 0 N–H and O–H groups in total. The van der Waals surface area contributed by atoms with Crippen molar-refractivity contribution in [1.29, 1.82) is 0 Å². The minimum absolute atomic E-state index is 0.00374. The number of para-hydroxylation sites is 1. The summed E-state index contributed by atoms with van der Waals surface area (Å²) in [5, 5.41) is 0. The lowest BCUT2D eigenvalue weighted by Crippen LogP contribution is -2.46. The quantitative estimate of drug-likeness (QED) is 0.840. The van der Waals surface area contributed by atoms with Crippen LogP contribution in [-0.4, -0.2) is 38.3 Å². The van der Waals surface area contributed by atoms with E-state index < -0.39 is 21.9 Å². The number of hydrogen-bond acceptors (Lipinski definition) is 3. The zero-order valence-electron chi connectivity index (χ0n) is 13.8. The number of sulfonamides is 1. The fourth-order valence-corrected chi connectivity index (χ4v) is 4.67. The predicted octanol–water partition coefficient (Wildman–Crippen LogP) is 2.64. The first-order valence-corrected chi connectivity index (χ1v) is 9.45. The second-order valence-electron chi connectivity index (χ2n) is 5.96. The first kappa shape index (κ1) is 17.6. The van der Waals surface area contributed by atoms with E-state index in [0.29, 0.717) is 18.5 Å². The molecule has 3 rings (SSSR count). The number of likely N-dealkylation sites (N-methyl/N-ethyl adjacent to an activating group) is 1. The van der Waals surface area contributed by atoms with Crippen LogP contribution in [0.4, 0.5) is 10.1 Å². The SMILES string of the molecule is CN(C(=O)[C@H]1CCCN1S(=O)(=O)c1ccc(F)cc1)c1ccccc1. The zero-order chi connectivity index (χ0) is 18.0. The molecule has 1 aliphatic rings. The molecule has 25 heavy (non-hydrogen) atoms. The molecule has 1 heterocycles. The van der Waals surface area contributed by atoms with Gasteiger partial charge in [0.05, 0.1) is 4.90 Å². The third kappa shape index (κ3) is 3.43. The highest BCUT2D eigenvalue weighted by Crippen LogP contribution is 2.28. The summed E-state index contributed by atoms with van der Waals surface area (Å²) < 4.78 is 40.0. The van der Waals surface area contributed by atoms with Gasteiger partial charge < -0.3 is 4.90 Å². The molecule has 0 bridgehead atoms. The topological polar surface area (TPSA) is 57.7 Å². The third-order valence-electron chi connectivity index (χ3n) is 4.38. The number of nitrogens with zero attached hydrogens (tertiary/aromatic N) is 2. The Morgan fingerprint density at radius 1 is 1.12 bits per heavy atom. The van der Waals surface area contributed by atoms with Gasteiger partial charge in [-0.05, 0) is 49.2 Å². The molecule has 0 aliphatic carbocycles. The van der Waals surface area contributed by atoms with Crippen LogP contribution >= 0.6 is 0 Å². The van der Waals surface area contributed by atoms with Gasteiger partial charge in [-0.3, -0.25) is 4.79 Å². The summed E-state index contributed by atoms with van der Waals surface area (Å²) in [4.78, 5) is 14.3. The smallest absolute Gasteiger partial charge is 0.245 e. The lowest BCUT2D eigenvalue weighted by atomic mass is 10.2. The molecule has 2 aromatic rings. The van der Waals surface area contributed by atoms with Crippen molar-refractivity contribution in [3.8, 4) is 0 Å². The van der Waals surface area contributed by atoms with E-state index in [0.717, 1.165) is 12.1 Å². The predicted molar refractivity (Wildman–Crippen MR) is 93.2 cm³/mol. The molecule has 0 radical (unpaired) electrons. The molecular weight excluding hydrogens is 343 g/mol. The van der Waals surface area contributed by atoms with Crippen LogP contribution < -0.4 is 4.90 Å². The molecular formula is C18H19FN2O3S. The number of anilines is 1. The molecule has 7 heteroatoms. The molecule has 1 fully saturated rings. The lowest BCUT2D eigenvalue weighted by Gasteiger charge is -2.27. The van der Waals surface area contributed by atoms with E-state index >= 15 is 0 Å². The number of halogens is 1. The molecule has 0 unspecified atom stereocenters. The summed E-state index contributed by atoms with van der Waals surface area (Å²) in [5.74, 6) is -0.772. The Labute approximate surface area is 146 Å². The standard InChI is InChI=1S/C18H19FN2O3S/c1-20(15-6-3-2-4-7-15)18(22)17-8-5-13-21(17)25(23,24)16-11-9-14(19)10-12-16/h2-4,6-7,9-12,17H,5,8,13H2,1H3/t17-/m1/s1. The van der Waals surface area contributed by atoms with Crippen molar-refractivity contribution in [2.75, 3.05) is 18.5 Å².